The third-order valence-corrected chi connectivity index (χ3v) is 2.18. The molecule has 0 atom stereocenters. The van der Waals surface area contributed by atoms with E-state index in [2.05, 4.69) is 5.32 Å². The zero-order chi connectivity index (χ0) is 13.1. The zero-order valence-corrected chi connectivity index (χ0v) is 9.11. The molecule has 1 rings (SSSR count). The van der Waals surface area contributed by atoms with Crippen molar-refractivity contribution in [1.29, 1.82) is 0 Å². The number of hydrogen-bond acceptors (Lipinski definition) is 1. The molecule has 0 heterocycles. The molecule has 0 saturated heterocycles. The van der Waals surface area contributed by atoms with Crippen LogP contribution in [0, 0.1) is 0 Å². The molecule has 6 heteroatoms. The molecule has 1 aromatic carbocycles. The van der Waals surface area contributed by atoms with Gasteiger partial charge in [-0.15, -0.1) is 0 Å². The Labute approximate surface area is 95.6 Å². The van der Waals surface area contributed by atoms with Gasteiger partial charge in [0.2, 0.25) is 0 Å². The quantitative estimate of drug-likeness (QED) is 0.813. The van der Waals surface area contributed by atoms with Crippen molar-refractivity contribution in [3.8, 4) is 0 Å². The van der Waals surface area contributed by atoms with Crippen LogP contribution in [0.3, 0.4) is 0 Å². The molecular formula is C11H12F5N. The van der Waals surface area contributed by atoms with Gasteiger partial charge in [0.1, 0.15) is 0 Å². The first kappa shape index (κ1) is 13.9. The fourth-order valence-electron chi connectivity index (χ4n) is 1.43. The molecule has 17 heavy (non-hydrogen) atoms. The summed E-state index contributed by atoms with van der Waals surface area (Å²) in [4.78, 5) is 0. The van der Waals surface area contributed by atoms with Crippen LogP contribution >= 0.6 is 0 Å². The van der Waals surface area contributed by atoms with Gasteiger partial charge in [0.05, 0.1) is 12.1 Å². The molecule has 96 valence electrons. The number of nitrogens with one attached hydrogen (secondary N) is 1. The van der Waals surface area contributed by atoms with Gasteiger partial charge < -0.3 is 5.32 Å². The van der Waals surface area contributed by atoms with E-state index < -0.39 is 30.6 Å². The Bertz CT molecular complexity index is 355. The van der Waals surface area contributed by atoms with Crippen molar-refractivity contribution < 1.29 is 22.0 Å². The Balaban J connectivity index is 2.75. The molecule has 0 saturated carbocycles. The van der Waals surface area contributed by atoms with Crippen molar-refractivity contribution in [2.24, 2.45) is 0 Å². The molecule has 0 spiro atoms. The predicted octanol–water partition coefficient (Wildman–Crippen LogP) is 3.10. The number of rotatable bonds is 4. The first-order valence-corrected chi connectivity index (χ1v) is 4.93. The summed E-state index contributed by atoms with van der Waals surface area (Å²) < 4.78 is 63.0. The van der Waals surface area contributed by atoms with E-state index in [4.69, 9.17) is 0 Å². The van der Waals surface area contributed by atoms with E-state index in [9.17, 15) is 22.0 Å². The van der Waals surface area contributed by atoms with Crippen LogP contribution in [0.25, 0.3) is 0 Å². The smallest absolute Gasteiger partial charge is 0.314 e. The van der Waals surface area contributed by atoms with Crippen LogP contribution in [0.4, 0.5) is 22.0 Å². The highest BCUT2D eigenvalue weighted by Gasteiger charge is 2.31. The Morgan fingerprint density at radius 3 is 1.94 bits per heavy atom. The van der Waals surface area contributed by atoms with Crippen molar-refractivity contribution >= 4 is 0 Å². The molecule has 0 radical (unpaired) electrons. The molecule has 0 aliphatic rings. The van der Waals surface area contributed by atoms with Gasteiger partial charge in [0.25, 0.3) is 5.92 Å². The molecule has 0 aliphatic carbocycles. The summed E-state index contributed by atoms with van der Waals surface area (Å²) >= 11 is 0. The molecule has 0 bridgehead atoms. The maximum absolute atomic E-state index is 13.2. The van der Waals surface area contributed by atoms with Crippen LogP contribution < -0.4 is 5.32 Å². The second-order valence-electron chi connectivity index (χ2n) is 3.76. The predicted molar refractivity (Wildman–Crippen MR) is 54.0 cm³/mol. The first-order chi connectivity index (χ1) is 7.74. The Hall–Kier alpha value is -1.17. The lowest BCUT2D eigenvalue weighted by molar-refractivity contribution is -0.137. The lowest BCUT2D eigenvalue weighted by atomic mass is 10.0. The third kappa shape index (κ3) is 4.30. The van der Waals surface area contributed by atoms with E-state index in [1.165, 1.54) is 7.05 Å². The summed E-state index contributed by atoms with van der Waals surface area (Å²) in [6.45, 7) is -0.506. The van der Waals surface area contributed by atoms with Crippen molar-refractivity contribution in [2.75, 3.05) is 13.6 Å². The lowest BCUT2D eigenvalue weighted by Crippen LogP contribution is -2.32. The Morgan fingerprint density at radius 2 is 1.53 bits per heavy atom. The summed E-state index contributed by atoms with van der Waals surface area (Å²) in [6.07, 6.45) is -5.02. The Morgan fingerprint density at radius 1 is 1.00 bits per heavy atom. The molecule has 1 N–H and O–H groups in total. The number of alkyl halides is 5. The van der Waals surface area contributed by atoms with Gasteiger partial charge in [-0.05, 0) is 24.7 Å². The number of benzene rings is 1. The van der Waals surface area contributed by atoms with E-state index in [1.807, 2.05) is 0 Å². The standard InChI is InChI=1S/C11H12F5N/c1-17-7-10(12,13)6-8-2-4-9(5-3-8)11(14,15)16/h2-5,17H,6-7H2,1H3. The highest BCUT2D eigenvalue weighted by molar-refractivity contribution is 5.25. The highest BCUT2D eigenvalue weighted by Crippen LogP contribution is 2.29. The SMILES string of the molecule is CNCC(F)(F)Cc1ccc(C(F)(F)F)cc1. The van der Waals surface area contributed by atoms with E-state index in [1.54, 1.807) is 0 Å². The summed E-state index contributed by atoms with van der Waals surface area (Å²) in [5.41, 5.74) is -0.656. The average molecular weight is 253 g/mol. The maximum atomic E-state index is 13.2. The normalized spacial score (nSPS) is 12.8. The topological polar surface area (TPSA) is 12.0 Å². The summed E-state index contributed by atoms with van der Waals surface area (Å²) in [5, 5.41) is 2.33. The van der Waals surface area contributed by atoms with Crippen molar-refractivity contribution in [3.05, 3.63) is 35.4 Å². The van der Waals surface area contributed by atoms with Crippen LogP contribution in [-0.4, -0.2) is 19.5 Å². The fraction of sp³-hybridized carbons (Fsp3) is 0.455. The van der Waals surface area contributed by atoms with Crippen LogP contribution in [0.2, 0.25) is 0 Å². The van der Waals surface area contributed by atoms with E-state index in [0.29, 0.717) is 0 Å². The van der Waals surface area contributed by atoms with Crippen LogP contribution in [-0.2, 0) is 12.6 Å². The molecule has 1 aromatic rings. The maximum Gasteiger partial charge on any atom is 0.416 e. The van der Waals surface area contributed by atoms with Crippen molar-refractivity contribution in [1.82, 2.24) is 5.32 Å². The second-order valence-corrected chi connectivity index (χ2v) is 3.76. The summed E-state index contributed by atoms with van der Waals surface area (Å²) in [6, 6.07) is 3.77. The van der Waals surface area contributed by atoms with Gasteiger partial charge in [-0.1, -0.05) is 12.1 Å². The van der Waals surface area contributed by atoms with Crippen LogP contribution in [0.1, 0.15) is 11.1 Å². The number of hydrogen-bond donors (Lipinski definition) is 1. The van der Waals surface area contributed by atoms with Gasteiger partial charge in [-0.2, -0.15) is 13.2 Å². The minimum atomic E-state index is -4.44. The fourth-order valence-corrected chi connectivity index (χ4v) is 1.43. The van der Waals surface area contributed by atoms with Gasteiger partial charge in [0.15, 0.2) is 0 Å². The molecule has 0 aromatic heterocycles. The third-order valence-electron chi connectivity index (χ3n) is 2.18. The van der Waals surface area contributed by atoms with Gasteiger partial charge in [0, 0.05) is 6.42 Å². The van der Waals surface area contributed by atoms with Gasteiger partial charge in [-0.3, -0.25) is 0 Å². The monoisotopic (exact) mass is 253 g/mol. The molecule has 1 nitrogen and oxygen atoms in total. The van der Waals surface area contributed by atoms with E-state index in [-0.39, 0.29) is 5.56 Å². The first-order valence-electron chi connectivity index (χ1n) is 4.93. The van der Waals surface area contributed by atoms with E-state index in [0.717, 1.165) is 24.3 Å². The van der Waals surface area contributed by atoms with Gasteiger partial charge >= 0.3 is 6.18 Å². The average Bonchev–Trinajstić information content (AvgIpc) is 2.16. The highest BCUT2D eigenvalue weighted by atomic mass is 19.4. The molecule has 0 fully saturated rings. The molecular weight excluding hydrogens is 241 g/mol. The second kappa shape index (κ2) is 5.00. The van der Waals surface area contributed by atoms with Gasteiger partial charge in [-0.25, -0.2) is 8.78 Å². The summed E-state index contributed by atoms with van der Waals surface area (Å²) in [5.74, 6) is -2.96. The van der Waals surface area contributed by atoms with Crippen molar-refractivity contribution in [2.45, 2.75) is 18.5 Å². The largest absolute Gasteiger partial charge is 0.416 e. The number of halogens is 5. The summed E-state index contributed by atoms with van der Waals surface area (Å²) in [7, 11) is 1.39. The van der Waals surface area contributed by atoms with Crippen LogP contribution in [0.5, 0.6) is 0 Å². The van der Waals surface area contributed by atoms with Crippen LogP contribution in [0.15, 0.2) is 24.3 Å². The van der Waals surface area contributed by atoms with E-state index >= 15 is 0 Å². The minimum Gasteiger partial charge on any atom is -0.314 e. The minimum absolute atomic E-state index is 0.179. The molecule has 0 unspecified atom stereocenters. The molecule has 0 aliphatic heterocycles. The molecule has 0 amide bonds. The van der Waals surface area contributed by atoms with Crippen molar-refractivity contribution in [3.63, 3.8) is 0 Å². The zero-order valence-electron chi connectivity index (χ0n) is 9.11. The Kier molecular flexibility index (Phi) is 4.08. The lowest BCUT2D eigenvalue weighted by Gasteiger charge is -2.16.